The van der Waals surface area contributed by atoms with Crippen LogP contribution in [0, 0.1) is 0 Å². The molecule has 88 valence electrons. The van der Waals surface area contributed by atoms with Crippen molar-refractivity contribution in [2.45, 2.75) is 39.7 Å². The Morgan fingerprint density at radius 3 is 2.47 bits per heavy atom. The zero-order valence-corrected chi connectivity index (χ0v) is 10.2. The fourth-order valence-corrected chi connectivity index (χ4v) is 1.19. The number of rotatable bonds is 7. The van der Waals surface area contributed by atoms with Crippen molar-refractivity contribution >= 4 is 11.7 Å². The maximum atomic E-state index is 11.1. The molecule has 0 fully saturated rings. The monoisotopic (exact) mass is 214 g/mol. The highest BCUT2D eigenvalue weighted by Gasteiger charge is 2.07. The van der Waals surface area contributed by atoms with Crippen molar-refractivity contribution in [3.63, 3.8) is 0 Å². The van der Waals surface area contributed by atoms with Crippen LogP contribution >= 0.6 is 0 Å². The van der Waals surface area contributed by atoms with Crippen molar-refractivity contribution < 1.29 is 9.59 Å². The van der Waals surface area contributed by atoms with Gasteiger partial charge in [-0.15, -0.1) is 0 Å². The molecule has 0 aromatic heterocycles. The van der Waals surface area contributed by atoms with Crippen molar-refractivity contribution in [1.82, 2.24) is 10.2 Å². The van der Waals surface area contributed by atoms with Gasteiger partial charge in [-0.05, 0) is 27.3 Å². The van der Waals surface area contributed by atoms with Crippen LogP contribution < -0.4 is 5.32 Å². The predicted octanol–water partition coefficient (Wildman–Crippen LogP) is 0.812. The predicted molar refractivity (Wildman–Crippen MR) is 60.7 cm³/mol. The summed E-state index contributed by atoms with van der Waals surface area (Å²) in [5, 5.41) is 2.72. The number of ketones is 1. The maximum absolute atomic E-state index is 11.1. The van der Waals surface area contributed by atoms with E-state index in [1.807, 2.05) is 7.05 Å². The second kappa shape index (κ2) is 7.40. The van der Waals surface area contributed by atoms with Crippen LogP contribution in [-0.2, 0) is 9.59 Å². The number of amides is 1. The Bertz CT molecular complexity index is 217. The van der Waals surface area contributed by atoms with Crippen molar-refractivity contribution in [3.8, 4) is 0 Å². The van der Waals surface area contributed by atoms with Crippen LogP contribution in [0.15, 0.2) is 0 Å². The molecular weight excluding hydrogens is 192 g/mol. The molecule has 0 aliphatic carbocycles. The van der Waals surface area contributed by atoms with Crippen LogP contribution in [0.25, 0.3) is 0 Å². The molecule has 0 aliphatic rings. The van der Waals surface area contributed by atoms with Gasteiger partial charge in [0.2, 0.25) is 5.91 Å². The number of carbonyl (C=O) groups is 2. The molecule has 0 heterocycles. The molecule has 0 aromatic rings. The molecule has 1 N–H and O–H groups in total. The van der Waals surface area contributed by atoms with E-state index in [1.54, 1.807) is 0 Å². The summed E-state index contributed by atoms with van der Waals surface area (Å²) in [6, 6.07) is 0.523. The van der Waals surface area contributed by atoms with E-state index in [1.165, 1.54) is 6.92 Å². The summed E-state index contributed by atoms with van der Waals surface area (Å²) in [5.74, 6) is -0.275. The normalized spacial score (nSPS) is 12.6. The summed E-state index contributed by atoms with van der Waals surface area (Å²) in [7, 11) is 2.03. The van der Waals surface area contributed by atoms with Crippen LogP contribution in [0.5, 0.6) is 0 Å². The van der Waals surface area contributed by atoms with Crippen LogP contribution in [0.2, 0.25) is 0 Å². The molecule has 0 saturated heterocycles. The number of carbonyl (C=O) groups excluding carboxylic acids is 2. The van der Waals surface area contributed by atoms with Gasteiger partial charge in [-0.3, -0.25) is 9.59 Å². The van der Waals surface area contributed by atoms with Crippen LogP contribution in [-0.4, -0.2) is 42.8 Å². The Morgan fingerprint density at radius 1 is 1.40 bits per heavy atom. The second-order valence-corrected chi connectivity index (χ2v) is 3.97. The number of hydrogen-bond donors (Lipinski definition) is 1. The molecule has 15 heavy (non-hydrogen) atoms. The van der Waals surface area contributed by atoms with E-state index in [0.717, 1.165) is 13.0 Å². The van der Waals surface area contributed by atoms with Crippen LogP contribution in [0.3, 0.4) is 0 Å². The summed E-state index contributed by atoms with van der Waals surface area (Å²) < 4.78 is 0. The van der Waals surface area contributed by atoms with Crippen molar-refractivity contribution in [1.29, 1.82) is 0 Å². The van der Waals surface area contributed by atoms with E-state index in [4.69, 9.17) is 0 Å². The minimum Gasteiger partial charge on any atom is -0.354 e. The van der Waals surface area contributed by atoms with Gasteiger partial charge in [0.15, 0.2) is 0 Å². The highest BCUT2D eigenvalue weighted by atomic mass is 16.2. The third-order valence-corrected chi connectivity index (χ3v) is 2.54. The zero-order valence-electron chi connectivity index (χ0n) is 10.2. The minimum atomic E-state index is -0.181. The lowest BCUT2D eigenvalue weighted by Crippen LogP contribution is -2.37. The number of nitrogens with one attached hydrogen (secondary N) is 1. The van der Waals surface area contributed by atoms with Gasteiger partial charge in [0.25, 0.3) is 0 Å². The lowest BCUT2D eigenvalue weighted by atomic mass is 10.2. The molecule has 0 aliphatic heterocycles. The first kappa shape index (κ1) is 14.1. The van der Waals surface area contributed by atoms with Crippen molar-refractivity contribution in [3.05, 3.63) is 0 Å². The van der Waals surface area contributed by atoms with Gasteiger partial charge in [0.1, 0.15) is 5.78 Å². The van der Waals surface area contributed by atoms with E-state index in [0.29, 0.717) is 12.6 Å². The van der Waals surface area contributed by atoms with Gasteiger partial charge in [-0.2, -0.15) is 0 Å². The van der Waals surface area contributed by atoms with Crippen LogP contribution in [0.1, 0.15) is 33.6 Å². The Labute approximate surface area is 92.0 Å². The molecule has 4 nitrogen and oxygen atoms in total. The SMILES string of the molecule is CCC(C)N(C)CCNC(=O)CC(C)=O. The van der Waals surface area contributed by atoms with E-state index in [-0.39, 0.29) is 18.1 Å². The molecule has 1 amide bonds. The average Bonchev–Trinajstić information content (AvgIpc) is 2.15. The molecule has 0 rings (SSSR count). The first-order chi connectivity index (χ1) is 6.97. The lowest BCUT2D eigenvalue weighted by Gasteiger charge is -2.23. The van der Waals surface area contributed by atoms with E-state index in [9.17, 15) is 9.59 Å². The standard InChI is InChI=1S/C11H22N2O2/c1-5-9(2)13(4)7-6-12-11(15)8-10(3)14/h9H,5-8H2,1-4H3,(H,12,15). The average molecular weight is 214 g/mol. The van der Waals surface area contributed by atoms with E-state index in [2.05, 4.69) is 24.1 Å². The van der Waals surface area contributed by atoms with Crippen molar-refractivity contribution in [2.24, 2.45) is 0 Å². The Morgan fingerprint density at radius 2 is 2.00 bits per heavy atom. The van der Waals surface area contributed by atoms with Gasteiger partial charge in [0.05, 0.1) is 6.42 Å². The van der Waals surface area contributed by atoms with E-state index < -0.39 is 0 Å². The fourth-order valence-electron chi connectivity index (χ4n) is 1.19. The molecule has 1 unspecified atom stereocenters. The Kier molecular flexibility index (Phi) is 6.96. The summed E-state index contributed by atoms with van der Waals surface area (Å²) in [5.41, 5.74) is 0. The first-order valence-electron chi connectivity index (χ1n) is 5.43. The minimum absolute atomic E-state index is 0.00690. The highest BCUT2D eigenvalue weighted by molar-refractivity contribution is 5.96. The molecule has 4 heteroatoms. The molecule has 0 bridgehead atoms. The summed E-state index contributed by atoms with van der Waals surface area (Å²) in [6.07, 6.45) is 1.09. The van der Waals surface area contributed by atoms with Crippen molar-refractivity contribution in [2.75, 3.05) is 20.1 Å². The molecule has 0 saturated carbocycles. The second-order valence-electron chi connectivity index (χ2n) is 3.97. The zero-order chi connectivity index (χ0) is 11.8. The third-order valence-electron chi connectivity index (χ3n) is 2.54. The summed E-state index contributed by atoms with van der Waals surface area (Å²) in [4.78, 5) is 23.9. The highest BCUT2D eigenvalue weighted by Crippen LogP contribution is 1.98. The van der Waals surface area contributed by atoms with Gasteiger partial charge < -0.3 is 10.2 Å². The van der Waals surface area contributed by atoms with Gasteiger partial charge in [-0.25, -0.2) is 0 Å². The smallest absolute Gasteiger partial charge is 0.227 e. The van der Waals surface area contributed by atoms with Gasteiger partial charge >= 0.3 is 0 Å². The fraction of sp³-hybridized carbons (Fsp3) is 0.818. The molecule has 0 radical (unpaired) electrons. The molecule has 0 aromatic carbocycles. The third kappa shape index (κ3) is 7.08. The first-order valence-corrected chi connectivity index (χ1v) is 5.43. The lowest BCUT2D eigenvalue weighted by molar-refractivity contribution is -0.127. The summed E-state index contributed by atoms with van der Waals surface area (Å²) >= 11 is 0. The largest absolute Gasteiger partial charge is 0.354 e. The Hall–Kier alpha value is -0.900. The number of Topliss-reactive ketones (excluding diaryl/α,β-unsaturated/α-hetero) is 1. The quantitative estimate of drug-likeness (QED) is 0.638. The Balaban J connectivity index is 3.61. The van der Waals surface area contributed by atoms with Gasteiger partial charge in [0, 0.05) is 19.1 Å². The van der Waals surface area contributed by atoms with E-state index >= 15 is 0 Å². The molecule has 1 atom stereocenters. The number of nitrogens with zero attached hydrogens (tertiary/aromatic N) is 1. The van der Waals surface area contributed by atoms with Gasteiger partial charge in [-0.1, -0.05) is 6.92 Å². The number of likely N-dealkylation sites (N-methyl/N-ethyl adjacent to an activating group) is 1. The molecule has 0 spiro atoms. The summed E-state index contributed by atoms with van der Waals surface area (Å²) in [6.45, 7) is 7.13. The van der Waals surface area contributed by atoms with Crippen LogP contribution in [0.4, 0.5) is 0 Å². The molecular formula is C11H22N2O2. The maximum Gasteiger partial charge on any atom is 0.227 e. The topological polar surface area (TPSA) is 49.4 Å². The number of hydrogen-bond acceptors (Lipinski definition) is 3.